The van der Waals surface area contributed by atoms with E-state index in [0.717, 1.165) is 5.56 Å². The first-order chi connectivity index (χ1) is 11.8. The number of benzene rings is 1. The van der Waals surface area contributed by atoms with E-state index in [4.69, 9.17) is 4.52 Å². The fourth-order valence-electron chi connectivity index (χ4n) is 2.20. The molecule has 3 aromatic rings. The fraction of sp³-hybridized carbons (Fsp3) is 0.188. The molecule has 0 spiro atoms. The van der Waals surface area contributed by atoms with Crippen molar-refractivity contribution in [3.8, 4) is 0 Å². The zero-order chi connectivity index (χ0) is 18.0. The first-order valence-electron chi connectivity index (χ1n) is 7.48. The number of anilines is 3. The molecule has 9 heteroatoms. The third-order valence-corrected chi connectivity index (χ3v) is 4.92. The minimum absolute atomic E-state index is 0.128. The predicted octanol–water partition coefficient (Wildman–Crippen LogP) is 2.93. The molecule has 0 saturated heterocycles. The van der Waals surface area contributed by atoms with Crippen LogP contribution >= 0.6 is 0 Å². The number of nitrogens with zero attached hydrogens (tertiary/aromatic N) is 3. The van der Waals surface area contributed by atoms with Crippen molar-refractivity contribution < 1.29 is 12.9 Å². The van der Waals surface area contributed by atoms with Gasteiger partial charge in [-0.05, 0) is 50.1 Å². The van der Waals surface area contributed by atoms with Crippen molar-refractivity contribution in [1.29, 1.82) is 0 Å². The van der Waals surface area contributed by atoms with Crippen LogP contribution in [0, 0.1) is 20.8 Å². The monoisotopic (exact) mass is 359 g/mol. The lowest BCUT2D eigenvalue weighted by Crippen LogP contribution is -2.15. The molecule has 0 amide bonds. The van der Waals surface area contributed by atoms with E-state index >= 15 is 0 Å². The van der Waals surface area contributed by atoms with E-state index in [0.29, 0.717) is 23.0 Å². The molecule has 1 aromatic carbocycles. The van der Waals surface area contributed by atoms with Gasteiger partial charge in [0.05, 0.1) is 4.90 Å². The van der Waals surface area contributed by atoms with Crippen molar-refractivity contribution in [1.82, 2.24) is 15.4 Å². The summed E-state index contributed by atoms with van der Waals surface area (Å²) in [5.74, 6) is 1.70. The topological polar surface area (TPSA) is 110 Å². The summed E-state index contributed by atoms with van der Waals surface area (Å²) in [5.41, 5.74) is 1.52. The van der Waals surface area contributed by atoms with Crippen LogP contribution < -0.4 is 10.0 Å². The van der Waals surface area contributed by atoms with E-state index in [1.807, 2.05) is 13.0 Å². The van der Waals surface area contributed by atoms with Crippen LogP contribution in [0.4, 0.5) is 17.5 Å². The average molecular weight is 359 g/mol. The highest BCUT2D eigenvalue weighted by Gasteiger charge is 2.18. The molecule has 3 rings (SSSR count). The molecule has 0 aliphatic rings. The zero-order valence-corrected chi connectivity index (χ0v) is 14.8. The normalized spacial score (nSPS) is 11.3. The summed E-state index contributed by atoms with van der Waals surface area (Å²) >= 11 is 0. The maximum atomic E-state index is 12.5. The number of sulfonamides is 1. The van der Waals surface area contributed by atoms with Gasteiger partial charge in [-0.15, -0.1) is 10.2 Å². The third kappa shape index (κ3) is 3.94. The second-order valence-electron chi connectivity index (χ2n) is 5.63. The van der Waals surface area contributed by atoms with Gasteiger partial charge < -0.3 is 9.84 Å². The summed E-state index contributed by atoms with van der Waals surface area (Å²) in [7, 11) is -3.74. The molecule has 130 valence electrons. The van der Waals surface area contributed by atoms with E-state index in [9.17, 15) is 8.42 Å². The fourth-order valence-corrected chi connectivity index (χ4v) is 3.53. The van der Waals surface area contributed by atoms with Crippen molar-refractivity contribution in [3.63, 3.8) is 0 Å². The Bertz CT molecular complexity index is 997. The number of aryl methyl sites for hydroxylation is 3. The Morgan fingerprint density at radius 2 is 1.64 bits per heavy atom. The second-order valence-corrected chi connectivity index (χ2v) is 7.28. The first kappa shape index (κ1) is 16.9. The van der Waals surface area contributed by atoms with E-state index in [2.05, 4.69) is 25.4 Å². The van der Waals surface area contributed by atoms with Gasteiger partial charge in [-0.2, -0.15) is 0 Å². The number of hydrogen-bond donors (Lipinski definition) is 2. The Labute approximate surface area is 145 Å². The Kier molecular flexibility index (Phi) is 4.41. The Morgan fingerprint density at radius 1 is 0.920 bits per heavy atom. The smallest absolute Gasteiger partial charge is 0.263 e. The molecule has 0 fully saturated rings. The van der Waals surface area contributed by atoms with Crippen LogP contribution in [0.15, 0.2) is 45.8 Å². The molecule has 0 radical (unpaired) electrons. The lowest BCUT2D eigenvalue weighted by atomic mass is 10.2. The molecule has 0 atom stereocenters. The van der Waals surface area contributed by atoms with Gasteiger partial charge in [0, 0.05) is 6.07 Å². The molecule has 0 bridgehead atoms. The maximum Gasteiger partial charge on any atom is 0.263 e. The van der Waals surface area contributed by atoms with Crippen molar-refractivity contribution in [2.24, 2.45) is 0 Å². The molecule has 0 aliphatic carbocycles. The number of hydrogen-bond acceptors (Lipinski definition) is 7. The summed E-state index contributed by atoms with van der Waals surface area (Å²) in [6.45, 7) is 5.35. The summed E-state index contributed by atoms with van der Waals surface area (Å²) < 4.78 is 32.5. The first-order valence-corrected chi connectivity index (χ1v) is 8.96. The van der Waals surface area contributed by atoms with Gasteiger partial charge in [0.25, 0.3) is 10.0 Å². The molecule has 8 nitrogen and oxygen atoms in total. The standard InChI is InChI=1S/C16H17N5O3S/c1-10-4-5-11(2)13(8-10)25(22,23)21-15-7-6-14(18-19-15)17-16-9-12(3)24-20-16/h4-9H,1-3H3,(H,19,21)(H,17,18,20). The second kappa shape index (κ2) is 6.52. The van der Waals surface area contributed by atoms with Crippen molar-refractivity contribution in [3.05, 3.63) is 53.3 Å². The highest BCUT2D eigenvalue weighted by atomic mass is 32.2. The molecule has 25 heavy (non-hydrogen) atoms. The lowest BCUT2D eigenvalue weighted by molar-refractivity contribution is 0.400. The molecule has 0 aliphatic heterocycles. The maximum absolute atomic E-state index is 12.5. The van der Waals surface area contributed by atoms with Crippen LogP contribution in [0.5, 0.6) is 0 Å². The minimum Gasteiger partial charge on any atom is -0.360 e. The predicted molar refractivity (Wildman–Crippen MR) is 93.3 cm³/mol. The van der Waals surface area contributed by atoms with E-state index in [1.54, 1.807) is 38.1 Å². The van der Waals surface area contributed by atoms with Gasteiger partial charge in [-0.1, -0.05) is 17.3 Å². The molecular weight excluding hydrogens is 342 g/mol. The number of nitrogens with one attached hydrogen (secondary N) is 2. The van der Waals surface area contributed by atoms with E-state index in [-0.39, 0.29) is 10.7 Å². The van der Waals surface area contributed by atoms with Crippen LogP contribution in [0.1, 0.15) is 16.9 Å². The van der Waals surface area contributed by atoms with E-state index in [1.165, 1.54) is 6.07 Å². The number of aromatic nitrogens is 3. The molecule has 2 heterocycles. The average Bonchev–Trinajstić information content (AvgIpc) is 2.96. The van der Waals surface area contributed by atoms with E-state index < -0.39 is 10.0 Å². The molecule has 0 saturated carbocycles. The molecule has 2 aromatic heterocycles. The summed E-state index contributed by atoms with van der Waals surface area (Å²) in [4.78, 5) is 0.217. The summed E-state index contributed by atoms with van der Waals surface area (Å²) in [6.07, 6.45) is 0. The Morgan fingerprint density at radius 3 is 2.28 bits per heavy atom. The summed E-state index contributed by atoms with van der Waals surface area (Å²) in [5, 5.41) is 14.5. The van der Waals surface area contributed by atoms with Gasteiger partial charge in [-0.3, -0.25) is 4.72 Å². The van der Waals surface area contributed by atoms with Crippen LogP contribution in [0.2, 0.25) is 0 Å². The highest BCUT2D eigenvalue weighted by molar-refractivity contribution is 7.92. The Balaban J connectivity index is 1.77. The van der Waals surface area contributed by atoms with Crippen molar-refractivity contribution in [2.75, 3.05) is 10.0 Å². The zero-order valence-electron chi connectivity index (χ0n) is 13.9. The quantitative estimate of drug-likeness (QED) is 0.720. The van der Waals surface area contributed by atoms with Crippen molar-refractivity contribution in [2.45, 2.75) is 25.7 Å². The SMILES string of the molecule is Cc1ccc(C)c(S(=O)(=O)Nc2ccc(Nc3cc(C)on3)nn2)c1. The molecule has 2 N–H and O–H groups in total. The van der Waals surface area contributed by atoms with Gasteiger partial charge in [0.15, 0.2) is 17.5 Å². The highest BCUT2D eigenvalue weighted by Crippen LogP contribution is 2.20. The lowest BCUT2D eigenvalue weighted by Gasteiger charge is -2.10. The van der Waals surface area contributed by atoms with Crippen LogP contribution in [-0.2, 0) is 10.0 Å². The van der Waals surface area contributed by atoms with Gasteiger partial charge in [0.1, 0.15) is 5.76 Å². The largest absolute Gasteiger partial charge is 0.360 e. The van der Waals surface area contributed by atoms with Crippen LogP contribution in [0.3, 0.4) is 0 Å². The van der Waals surface area contributed by atoms with Crippen LogP contribution in [-0.4, -0.2) is 23.8 Å². The van der Waals surface area contributed by atoms with Gasteiger partial charge in [0.2, 0.25) is 0 Å². The third-order valence-electron chi connectivity index (χ3n) is 3.42. The molecule has 0 unspecified atom stereocenters. The van der Waals surface area contributed by atoms with Gasteiger partial charge >= 0.3 is 0 Å². The Hall–Kier alpha value is -2.94. The van der Waals surface area contributed by atoms with Crippen LogP contribution in [0.25, 0.3) is 0 Å². The van der Waals surface area contributed by atoms with Gasteiger partial charge in [-0.25, -0.2) is 8.42 Å². The summed E-state index contributed by atoms with van der Waals surface area (Å²) in [6, 6.07) is 10.1. The number of rotatable bonds is 5. The molecular formula is C16H17N5O3S. The van der Waals surface area contributed by atoms with Crippen molar-refractivity contribution >= 4 is 27.5 Å². The minimum atomic E-state index is -3.74.